The number of pyridine rings is 1. The number of para-hydroxylation sites is 1. The minimum Gasteiger partial charge on any atom is -0.493 e. The van der Waals surface area contributed by atoms with Crippen LogP contribution in [0.15, 0.2) is 68.6 Å². The molecule has 4 aromatic rings. The summed E-state index contributed by atoms with van der Waals surface area (Å²) in [7, 11) is 1.51. The largest absolute Gasteiger partial charge is 0.493 e. The maximum atomic E-state index is 12.4. The monoisotopic (exact) mass is 319 g/mol. The first kappa shape index (κ1) is 14.3. The lowest BCUT2D eigenvalue weighted by Gasteiger charge is -2.08. The lowest BCUT2D eigenvalue weighted by molar-refractivity contribution is 0.407. The van der Waals surface area contributed by atoms with Gasteiger partial charge in [0, 0.05) is 16.5 Å². The van der Waals surface area contributed by atoms with Crippen molar-refractivity contribution in [2.45, 2.75) is 0 Å². The summed E-state index contributed by atoms with van der Waals surface area (Å²) in [6.45, 7) is 0. The number of H-pyrrole nitrogens is 1. The Labute approximate surface area is 136 Å². The van der Waals surface area contributed by atoms with E-state index in [-0.39, 0.29) is 5.39 Å². The van der Waals surface area contributed by atoms with Crippen molar-refractivity contribution in [3.63, 3.8) is 0 Å². The lowest BCUT2D eigenvalue weighted by atomic mass is 10.0. The minimum absolute atomic E-state index is 0.00966. The Balaban J connectivity index is 2.18. The van der Waals surface area contributed by atoms with E-state index in [0.29, 0.717) is 27.8 Å². The van der Waals surface area contributed by atoms with E-state index in [9.17, 15) is 9.59 Å². The fourth-order valence-electron chi connectivity index (χ4n) is 2.89. The summed E-state index contributed by atoms with van der Waals surface area (Å²) in [6, 6.07) is 16.6. The van der Waals surface area contributed by atoms with Gasteiger partial charge < -0.3 is 14.1 Å². The first-order chi connectivity index (χ1) is 11.7. The molecular formula is C19H13NO4. The summed E-state index contributed by atoms with van der Waals surface area (Å²) in [5.74, 6) is 0.452. The van der Waals surface area contributed by atoms with Gasteiger partial charge in [-0.3, -0.25) is 4.79 Å². The van der Waals surface area contributed by atoms with E-state index < -0.39 is 11.2 Å². The highest BCUT2D eigenvalue weighted by molar-refractivity contribution is 6.06. The average Bonchev–Trinajstić information content (AvgIpc) is 2.61. The molecule has 5 nitrogen and oxygen atoms in total. The maximum Gasteiger partial charge on any atom is 0.349 e. The van der Waals surface area contributed by atoms with Crippen LogP contribution in [0.25, 0.3) is 33.0 Å². The average molecular weight is 319 g/mol. The van der Waals surface area contributed by atoms with Crippen LogP contribution in [0.3, 0.4) is 0 Å². The number of hydrogen-bond donors (Lipinski definition) is 1. The second-order valence-electron chi connectivity index (χ2n) is 5.39. The molecule has 5 heteroatoms. The molecule has 0 unspecified atom stereocenters. The van der Waals surface area contributed by atoms with Gasteiger partial charge in [0.25, 0.3) is 5.56 Å². The summed E-state index contributed by atoms with van der Waals surface area (Å²) in [4.78, 5) is 27.5. The van der Waals surface area contributed by atoms with E-state index >= 15 is 0 Å². The SMILES string of the molecule is COc1cccc2c1oc(=O)c1c(=O)[nH]c(-c3ccccc3)cc12. The molecule has 0 atom stereocenters. The molecule has 2 heterocycles. The Morgan fingerprint density at radius 1 is 0.958 bits per heavy atom. The van der Waals surface area contributed by atoms with Crippen LogP contribution < -0.4 is 15.9 Å². The Bertz CT molecular complexity index is 1170. The molecule has 0 aliphatic rings. The van der Waals surface area contributed by atoms with Crippen molar-refractivity contribution in [2.24, 2.45) is 0 Å². The first-order valence-corrected chi connectivity index (χ1v) is 7.41. The topological polar surface area (TPSA) is 72.3 Å². The molecule has 0 spiro atoms. The predicted molar refractivity (Wildman–Crippen MR) is 92.6 cm³/mol. The van der Waals surface area contributed by atoms with Crippen LogP contribution in [0.2, 0.25) is 0 Å². The molecule has 2 aromatic heterocycles. The van der Waals surface area contributed by atoms with Crippen molar-refractivity contribution in [1.82, 2.24) is 4.98 Å². The van der Waals surface area contributed by atoms with Crippen LogP contribution in [0.4, 0.5) is 0 Å². The number of aromatic nitrogens is 1. The van der Waals surface area contributed by atoms with Crippen LogP contribution in [0.1, 0.15) is 0 Å². The van der Waals surface area contributed by atoms with Crippen LogP contribution in [0, 0.1) is 0 Å². The molecule has 0 bridgehead atoms. The minimum atomic E-state index is -0.678. The van der Waals surface area contributed by atoms with Crippen LogP contribution >= 0.6 is 0 Å². The molecule has 0 fully saturated rings. The van der Waals surface area contributed by atoms with Crippen LogP contribution in [0.5, 0.6) is 5.75 Å². The number of fused-ring (bicyclic) bond motifs is 3. The van der Waals surface area contributed by atoms with Gasteiger partial charge in [-0.05, 0) is 17.7 Å². The van der Waals surface area contributed by atoms with E-state index in [1.165, 1.54) is 7.11 Å². The molecular weight excluding hydrogens is 306 g/mol. The molecule has 0 radical (unpaired) electrons. The smallest absolute Gasteiger partial charge is 0.349 e. The quantitative estimate of drug-likeness (QED) is 0.454. The van der Waals surface area contributed by atoms with Gasteiger partial charge in [-0.25, -0.2) is 4.79 Å². The van der Waals surface area contributed by atoms with Crippen molar-refractivity contribution in [1.29, 1.82) is 0 Å². The highest BCUT2D eigenvalue weighted by Crippen LogP contribution is 2.30. The van der Waals surface area contributed by atoms with Crippen LogP contribution in [-0.2, 0) is 0 Å². The molecule has 118 valence electrons. The summed E-state index contributed by atoms with van der Waals surface area (Å²) in [5, 5.41) is 1.21. The van der Waals surface area contributed by atoms with E-state index in [2.05, 4.69) is 4.98 Å². The zero-order chi connectivity index (χ0) is 16.7. The number of aromatic amines is 1. The highest BCUT2D eigenvalue weighted by Gasteiger charge is 2.15. The number of rotatable bonds is 2. The Morgan fingerprint density at radius 3 is 2.50 bits per heavy atom. The van der Waals surface area contributed by atoms with E-state index in [1.807, 2.05) is 30.3 Å². The van der Waals surface area contributed by atoms with E-state index in [1.54, 1.807) is 24.3 Å². The fraction of sp³-hybridized carbons (Fsp3) is 0.0526. The molecule has 1 N–H and O–H groups in total. The lowest BCUT2D eigenvalue weighted by Crippen LogP contribution is -2.16. The van der Waals surface area contributed by atoms with Gasteiger partial charge >= 0.3 is 5.63 Å². The van der Waals surface area contributed by atoms with Crippen molar-refractivity contribution in [3.8, 4) is 17.0 Å². The third kappa shape index (κ3) is 2.10. The molecule has 24 heavy (non-hydrogen) atoms. The third-order valence-electron chi connectivity index (χ3n) is 4.01. The van der Waals surface area contributed by atoms with Gasteiger partial charge in [-0.2, -0.15) is 0 Å². The summed E-state index contributed by atoms with van der Waals surface area (Å²) in [6.07, 6.45) is 0. The first-order valence-electron chi connectivity index (χ1n) is 7.41. The zero-order valence-corrected chi connectivity index (χ0v) is 12.8. The van der Waals surface area contributed by atoms with Gasteiger partial charge in [0.15, 0.2) is 11.3 Å². The second-order valence-corrected chi connectivity index (χ2v) is 5.39. The third-order valence-corrected chi connectivity index (χ3v) is 4.01. The summed E-state index contributed by atoms with van der Waals surface area (Å²) < 4.78 is 10.6. The predicted octanol–water partition coefficient (Wildman–Crippen LogP) is 3.31. The Morgan fingerprint density at radius 2 is 1.75 bits per heavy atom. The van der Waals surface area contributed by atoms with Crippen LogP contribution in [-0.4, -0.2) is 12.1 Å². The maximum absolute atomic E-state index is 12.4. The van der Waals surface area contributed by atoms with Crippen molar-refractivity contribution >= 4 is 21.7 Å². The van der Waals surface area contributed by atoms with Gasteiger partial charge in [-0.15, -0.1) is 0 Å². The molecule has 0 saturated heterocycles. The normalized spacial score (nSPS) is 11.0. The van der Waals surface area contributed by atoms with E-state index in [0.717, 1.165) is 5.56 Å². The molecule has 0 aliphatic carbocycles. The second kappa shape index (κ2) is 5.38. The molecule has 4 rings (SSSR count). The van der Waals surface area contributed by atoms with Gasteiger partial charge in [0.1, 0.15) is 5.39 Å². The van der Waals surface area contributed by atoms with Crippen molar-refractivity contribution in [2.75, 3.05) is 7.11 Å². The van der Waals surface area contributed by atoms with E-state index in [4.69, 9.17) is 9.15 Å². The molecule has 0 saturated carbocycles. The Kier molecular flexibility index (Phi) is 3.20. The van der Waals surface area contributed by atoms with Crippen molar-refractivity contribution in [3.05, 3.63) is 75.4 Å². The van der Waals surface area contributed by atoms with Gasteiger partial charge in [0.2, 0.25) is 0 Å². The molecule has 2 aromatic carbocycles. The van der Waals surface area contributed by atoms with Gasteiger partial charge in [0.05, 0.1) is 7.11 Å². The number of nitrogens with one attached hydrogen (secondary N) is 1. The molecule has 0 amide bonds. The summed E-state index contributed by atoms with van der Waals surface area (Å²) in [5.41, 5.74) is 0.693. The van der Waals surface area contributed by atoms with Gasteiger partial charge in [-0.1, -0.05) is 42.5 Å². The highest BCUT2D eigenvalue weighted by atomic mass is 16.5. The van der Waals surface area contributed by atoms with Crippen molar-refractivity contribution < 1.29 is 9.15 Å². The summed E-state index contributed by atoms with van der Waals surface area (Å²) >= 11 is 0. The Hall–Kier alpha value is -3.34. The standard InChI is InChI=1S/C19H13NO4/c1-23-15-9-5-8-12-13-10-14(11-6-3-2-4-7-11)20-18(21)16(13)19(22)24-17(12)15/h2-10H,1H3,(H,20,21). The number of ether oxygens (including phenoxy) is 1. The number of benzene rings is 2. The molecule has 0 aliphatic heterocycles. The fourth-order valence-corrected chi connectivity index (χ4v) is 2.89. The number of hydrogen-bond acceptors (Lipinski definition) is 4. The zero-order valence-electron chi connectivity index (χ0n) is 12.8. The number of methoxy groups -OCH3 is 1.